The van der Waals surface area contributed by atoms with Gasteiger partial charge in [0.1, 0.15) is 5.41 Å². The first kappa shape index (κ1) is 17.5. The molecule has 0 spiro atoms. The Hall–Kier alpha value is -1.53. The Balaban J connectivity index is 2.92. The van der Waals surface area contributed by atoms with Gasteiger partial charge in [-0.25, -0.2) is 0 Å². The molecular formula is C17H23ClN2O. The molecule has 3 nitrogen and oxygen atoms in total. The third kappa shape index (κ3) is 4.22. The number of carbonyl (C=O) groups is 1. The van der Waals surface area contributed by atoms with Crippen LogP contribution in [0, 0.1) is 16.7 Å². The van der Waals surface area contributed by atoms with Crippen LogP contribution in [0.15, 0.2) is 24.3 Å². The molecule has 1 aromatic carbocycles. The summed E-state index contributed by atoms with van der Waals surface area (Å²) in [4.78, 5) is 12.6. The lowest BCUT2D eigenvalue weighted by atomic mass is 9.79. The molecule has 0 aliphatic carbocycles. The van der Waals surface area contributed by atoms with Gasteiger partial charge in [-0.2, -0.15) is 5.26 Å². The molecule has 0 aliphatic heterocycles. The van der Waals surface area contributed by atoms with Gasteiger partial charge in [-0.15, -0.1) is 0 Å². The number of nitrogens with zero attached hydrogens (tertiary/aromatic N) is 1. The van der Waals surface area contributed by atoms with E-state index in [1.807, 2.05) is 39.0 Å². The molecule has 0 fully saturated rings. The number of carbonyl (C=O) groups excluding carboxylic acids is 1. The van der Waals surface area contributed by atoms with E-state index in [4.69, 9.17) is 11.6 Å². The lowest BCUT2D eigenvalue weighted by molar-refractivity contribution is -0.129. The van der Waals surface area contributed by atoms with E-state index in [1.165, 1.54) is 0 Å². The van der Waals surface area contributed by atoms with Crippen LogP contribution in [-0.4, -0.2) is 5.91 Å². The number of nitriles is 1. The normalized spacial score (nSPS) is 12.5. The van der Waals surface area contributed by atoms with Gasteiger partial charge in [-0.05, 0) is 31.4 Å². The fourth-order valence-electron chi connectivity index (χ4n) is 2.61. The highest BCUT2D eigenvalue weighted by atomic mass is 35.5. The molecule has 0 heterocycles. The second-order valence-corrected chi connectivity index (χ2v) is 5.82. The van der Waals surface area contributed by atoms with Gasteiger partial charge in [0.15, 0.2) is 0 Å². The van der Waals surface area contributed by atoms with Crippen LogP contribution < -0.4 is 5.32 Å². The fourth-order valence-corrected chi connectivity index (χ4v) is 2.91. The Bertz CT molecular complexity index is 516. The smallest absolute Gasteiger partial charge is 0.240 e. The highest BCUT2D eigenvalue weighted by Gasteiger charge is 2.37. The Kier molecular flexibility index (Phi) is 6.71. The molecule has 4 heteroatoms. The first-order valence-corrected chi connectivity index (χ1v) is 7.85. The van der Waals surface area contributed by atoms with Gasteiger partial charge >= 0.3 is 0 Å². The number of benzene rings is 1. The summed E-state index contributed by atoms with van der Waals surface area (Å²) in [5, 5.41) is 13.1. The molecule has 114 valence electrons. The Labute approximate surface area is 132 Å². The van der Waals surface area contributed by atoms with Gasteiger partial charge < -0.3 is 5.32 Å². The second kappa shape index (κ2) is 8.05. The fraction of sp³-hybridized carbons (Fsp3) is 0.529. The molecule has 0 radical (unpaired) electrons. The molecule has 0 saturated heterocycles. The van der Waals surface area contributed by atoms with E-state index in [9.17, 15) is 10.1 Å². The molecule has 0 aliphatic rings. The summed E-state index contributed by atoms with van der Waals surface area (Å²) < 4.78 is 0. The average molecular weight is 307 g/mol. The van der Waals surface area contributed by atoms with Gasteiger partial charge in [0.2, 0.25) is 5.91 Å². The quantitative estimate of drug-likeness (QED) is 0.798. The number of hydrogen-bond donors (Lipinski definition) is 1. The van der Waals surface area contributed by atoms with Crippen molar-refractivity contribution in [3.63, 3.8) is 0 Å². The lowest BCUT2D eigenvalue weighted by Crippen LogP contribution is -2.41. The average Bonchev–Trinajstić information content (AvgIpc) is 2.47. The molecule has 0 saturated carbocycles. The Morgan fingerprint density at radius 3 is 2.38 bits per heavy atom. The molecular weight excluding hydrogens is 284 g/mol. The molecule has 1 atom stereocenters. The SMILES string of the molecule is CCCC(C#N)(CCC)C(=O)NC(C)c1ccccc1Cl. The first-order chi connectivity index (χ1) is 10.0. The number of rotatable bonds is 7. The predicted molar refractivity (Wildman–Crippen MR) is 85.9 cm³/mol. The third-order valence-electron chi connectivity index (χ3n) is 3.72. The largest absolute Gasteiger partial charge is 0.348 e. The minimum atomic E-state index is -0.932. The Morgan fingerprint density at radius 1 is 1.33 bits per heavy atom. The van der Waals surface area contributed by atoms with Gasteiger partial charge in [0, 0.05) is 5.02 Å². The lowest BCUT2D eigenvalue weighted by Gasteiger charge is -2.27. The number of nitrogens with one attached hydrogen (secondary N) is 1. The van der Waals surface area contributed by atoms with Gasteiger partial charge in [-0.1, -0.05) is 56.5 Å². The van der Waals surface area contributed by atoms with Crippen molar-refractivity contribution >= 4 is 17.5 Å². The summed E-state index contributed by atoms with van der Waals surface area (Å²) in [6, 6.07) is 9.46. The summed E-state index contributed by atoms with van der Waals surface area (Å²) in [7, 11) is 0. The van der Waals surface area contributed by atoms with Crippen molar-refractivity contribution in [1.82, 2.24) is 5.32 Å². The predicted octanol–water partition coefficient (Wildman–Crippen LogP) is 4.63. The third-order valence-corrected chi connectivity index (χ3v) is 4.07. The van der Waals surface area contributed by atoms with E-state index in [0.717, 1.165) is 18.4 Å². The second-order valence-electron chi connectivity index (χ2n) is 5.41. The van der Waals surface area contributed by atoms with Crippen molar-refractivity contribution in [2.24, 2.45) is 5.41 Å². The minimum Gasteiger partial charge on any atom is -0.348 e. The van der Waals surface area contributed by atoms with Crippen molar-refractivity contribution in [1.29, 1.82) is 5.26 Å². The highest BCUT2D eigenvalue weighted by Crippen LogP contribution is 2.31. The zero-order valence-electron chi connectivity index (χ0n) is 12.9. The van der Waals surface area contributed by atoms with Crippen LogP contribution in [0.1, 0.15) is 58.1 Å². The summed E-state index contributed by atoms with van der Waals surface area (Å²) in [6.45, 7) is 5.87. The molecule has 1 N–H and O–H groups in total. The number of hydrogen-bond acceptors (Lipinski definition) is 2. The van der Waals surface area contributed by atoms with Crippen LogP contribution in [0.2, 0.25) is 5.02 Å². The van der Waals surface area contributed by atoms with E-state index in [-0.39, 0.29) is 11.9 Å². The molecule has 1 amide bonds. The summed E-state index contributed by atoms with van der Waals surface area (Å²) in [6.07, 6.45) is 2.78. The van der Waals surface area contributed by atoms with Gasteiger partial charge in [-0.3, -0.25) is 4.79 Å². The maximum atomic E-state index is 12.6. The molecule has 0 bridgehead atoms. The monoisotopic (exact) mass is 306 g/mol. The number of amides is 1. The highest BCUT2D eigenvalue weighted by molar-refractivity contribution is 6.31. The van der Waals surface area contributed by atoms with E-state index in [0.29, 0.717) is 17.9 Å². The number of halogens is 1. The van der Waals surface area contributed by atoms with Crippen LogP contribution in [0.4, 0.5) is 0 Å². The zero-order valence-corrected chi connectivity index (χ0v) is 13.7. The minimum absolute atomic E-state index is 0.193. The topological polar surface area (TPSA) is 52.9 Å². The molecule has 0 aromatic heterocycles. The standard InChI is InChI=1S/C17H23ClN2O/c1-4-10-17(12-19,11-5-2)16(21)20-13(3)14-8-6-7-9-15(14)18/h6-9,13H,4-5,10-11H2,1-3H3,(H,20,21). The van der Waals surface area contributed by atoms with Gasteiger partial charge in [0.05, 0.1) is 12.1 Å². The zero-order chi connectivity index (χ0) is 15.9. The summed E-state index contributed by atoms with van der Waals surface area (Å²) in [5.41, 5.74) is -0.0636. The Morgan fingerprint density at radius 2 is 1.90 bits per heavy atom. The van der Waals surface area contributed by atoms with Crippen LogP contribution in [0.3, 0.4) is 0 Å². The van der Waals surface area contributed by atoms with Crippen LogP contribution in [-0.2, 0) is 4.79 Å². The summed E-state index contributed by atoms with van der Waals surface area (Å²) in [5.74, 6) is -0.193. The van der Waals surface area contributed by atoms with E-state index >= 15 is 0 Å². The molecule has 1 aromatic rings. The maximum Gasteiger partial charge on any atom is 0.240 e. The van der Waals surface area contributed by atoms with E-state index < -0.39 is 5.41 Å². The van der Waals surface area contributed by atoms with Crippen molar-refractivity contribution < 1.29 is 4.79 Å². The van der Waals surface area contributed by atoms with E-state index in [2.05, 4.69) is 11.4 Å². The van der Waals surface area contributed by atoms with Crippen molar-refractivity contribution in [3.8, 4) is 6.07 Å². The summed E-state index contributed by atoms with van der Waals surface area (Å²) >= 11 is 6.16. The van der Waals surface area contributed by atoms with Crippen molar-refractivity contribution in [2.45, 2.75) is 52.5 Å². The molecule has 1 rings (SSSR count). The first-order valence-electron chi connectivity index (χ1n) is 7.47. The van der Waals surface area contributed by atoms with Gasteiger partial charge in [0.25, 0.3) is 0 Å². The van der Waals surface area contributed by atoms with E-state index in [1.54, 1.807) is 6.07 Å². The molecule has 21 heavy (non-hydrogen) atoms. The van der Waals surface area contributed by atoms with Crippen LogP contribution in [0.25, 0.3) is 0 Å². The van der Waals surface area contributed by atoms with Crippen molar-refractivity contribution in [2.75, 3.05) is 0 Å². The van der Waals surface area contributed by atoms with Crippen LogP contribution >= 0.6 is 11.6 Å². The molecule has 1 unspecified atom stereocenters. The van der Waals surface area contributed by atoms with Crippen molar-refractivity contribution in [3.05, 3.63) is 34.9 Å². The van der Waals surface area contributed by atoms with Crippen LogP contribution in [0.5, 0.6) is 0 Å². The maximum absolute atomic E-state index is 12.6.